The number of nitrogens with zero attached hydrogens (tertiary/aromatic N) is 2. The standard InChI is InChI=1S/C14H12F3N3S/c1-20(10-3-2-6-19-8-10)9-4-5-12(14(15,16)17)11(7-9)13(18)21/h2-8H,1H3,(H2,18,21). The van der Waals surface area contributed by atoms with Gasteiger partial charge in [0.05, 0.1) is 17.4 Å². The molecule has 21 heavy (non-hydrogen) atoms. The number of thiocarbonyl (C=S) groups is 1. The maximum absolute atomic E-state index is 12.9. The minimum absolute atomic E-state index is 0.189. The minimum atomic E-state index is -4.50. The first-order valence-corrected chi connectivity index (χ1v) is 6.36. The zero-order valence-corrected chi connectivity index (χ0v) is 11.9. The van der Waals surface area contributed by atoms with Crippen LogP contribution in [0.3, 0.4) is 0 Å². The number of alkyl halides is 3. The SMILES string of the molecule is CN(c1cccnc1)c1ccc(C(F)(F)F)c(C(N)=S)c1. The molecule has 3 nitrogen and oxygen atoms in total. The molecule has 0 fully saturated rings. The Bertz CT molecular complexity index is 656. The summed E-state index contributed by atoms with van der Waals surface area (Å²) >= 11 is 4.73. The highest BCUT2D eigenvalue weighted by Gasteiger charge is 2.34. The maximum Gasteiger partial charge on any atom is 0.417 e. The number of pyridine rings is 1. The van der Waals surface area contributed by atoms with Crippen molar-refractivity contribution >= 4 is 28.6 Å². The molecule has 2 aromatic rings. The minimum Gasteiger partial charge on any atom is -0.389 e. The van der Waals surface area contributed by atoms with E-state index in [1.54, 1.807) is 36.5 Å². The van der Waals surface area contributed by atoms with Crippen LogP contribution in [-0.2, 0) is 6.18 Å². The summed E-state index contributed by atoms with van der Waals surface area (Å²) in [6, 6.07) is 7.22. The Morgan fingerprint density at radius 1 is 1.24 bits per heavy atom. The lowest BCUT2D eigenvalue weighted by Crippen LogP contribution is -2.19. The Hall–Kier alpha value is -2.15. The van der Waals surface area contributed by atoms with E-state index in [0.29, 0.717) is 5.69 Å². The van der Waals surface area contributed by atoms with Gasteiger partial charge in [0.25, 0.3) is 0 Å². The van der Waals surface area contributed by atoms with Crippen LogP contribution in [0.4, 0.5) is 24.5 Å². The monoisotopic (exact) mass is 311 g/mol. The lowest BCUT2D eigenvalue weighted by molar-refractivity contribution is -0.137. The number of rotatable bonds is 3. The van der Waals surface area contributed by atoms with Gasteiger partial charge in [-0.15, -0.1) is 0 Å². The second kappa shape index (κ2) is 5.69. The van der Waals surface area contributed by atoms with Crippen LogP contribution in [0.5, 0.6) is 0 Å². The smallest absolute Gasteiger partial charge is 0.389 e. The van der Waals surface area contributed by atoms with Crippen molar-refractivity contribution in [1.82, 2.24) is 4.98 Å². The summed E-state index contributed by atoms with van der Waals surface area (Å²) in [5.74, 6) is 0. The molecule has 2 rings (SSSR count). The van der Waals surface area contributed by atoms with E-state index < -0.39 is 11.7 Å². The Morgan fingerprint density at radius 3 is 2.48 bits per heavy atom. The van der Waals surface area contributed by atoms with Gasteiger partial charge in [-0.05, 0) is 30.3 Å². The summed E-state index contributed by atoms with van der Waals surface area (Å²) in [6.45, 7) is 0. The van der Waals surface area contributed by atoms with Gasteiger partial charge >= 0.3 is 6.18 Å². The van der Waals surface area contributed by atoms with E-state index in [1.807, 2.05) is 0 Å². The molecular formula is C14H12F3N3S. The maximum atomic E-state index is 12.9. The van der Waals surface area contributed by atoms with E-state index in [4.69, 9.17) is 18.0 Å². The molecule has 0 amide bonds. The number of nitrogens with two attached hydrogens (primary N) is 1. The third-order valence-electron chi connectivity index (χ3n) is 2.99. The average Bonchev–Trinajstić information content (AvgIpc) is 2.45. The topological polar surface area (TPSA) is 42.2 Å². The van der Waals surface area contributed by atoms with Crippen LogP contribution in [0.2, 0.25) is 0 Å². The van der Waals surface area contributed by atoms with Gasteiger partial charge in [-0.3, -0.25) is 4.98 Å². The van der Waals surface area contributed by atoms with Crippen molar-refractivity contribution in [2.75, 3.05) is 11.9 Å². The van der Waals surface area contributed by atoms with Crippen molar-refractivity contribution in [3.63, 3.8) is 0 Å². The molecule has 7 heteroatoms. The third-order valence-corrected chi connectivity index (χ3v) is 3.21. The predicted octanol–water partition coefficient (Wildman–Crippen LogP) is 3.50. The fraction of sp³-hybridized carbons (Fsp3) is 0.143. The molecule has 0 bridgehead atoms. The summed E-state index contributed by atoms with van der Waals surface area (Å²) in [5.41, 5.74) is 5.68. The van der Waals surface area contributed by atoms with Crippen LogP contribution in [0.1, 0.15) is 11.1 Å². The predicted molar refractivity (Wildman–Crippen MR) is 79.6 cm³/mol. The van der Waals surface area contributed by atoms with E-state index in [-0.39, 0.29) is 10.6 Å². The molecule has 0 atom stereocenters. The zero-order chi connectivity index (χ0) is 15.6. The van der Waals surface area contributed by atoms with Crippen molar-refractivity contribution in [3.05, 3.63) is 53.9 Å². The highest BCUT2D eigenvalue weighted by molar-refractivity contribution is 7.80. The van der Waals surface area contributed by atoms with Crippen molar-refractivity contribution in [3.8, 4) is 0 Å². The van der Waals surface area contributed by atoms with Crippen LogP contribution >= 0.6 is 12.2 Å². The van der Waals surface area contributed by atoms with E-state index >= 15 is 0 Å². The number of aromatic nitrogens is 1. The molecule has 0 unspecified atom stereocenters. The highest BCUT2D eigenvalue weighted by atomic mass is 32.1. The van der Waals surface area contributed by atoms with Gasteiger partial charge in [-0.25, -0.2) is 0 Å². The molecular weight excluding hydrogens is 299 g/mol. The molecule has 0 aliphatic carbocycles. The Kier molecular flexibility index (Phi) is 4.13. The van der Waals surface area contributed by atoms with E-state index in [0.717, 1.165) is 11.8 Å². The van der Waals surface area contributed by atoms with Crippen molar-refractivity contribution in [2.24, 2.45) is 5.73 Å². The molecule has 0 saturated heterocycles. The Morgan fingerprint density at radius 2 is 1.95 bits per heavy atom. The van der Waals surface area contributed by atoms with Crippen LogP contribution in [-0.4, -0.2) is 17.0 Å². The Balaban J connectivity index is 2.48. The fourth-order valence-corrected chi connectivity index (χ4v) is 2.06. The lowest BCUT2D eigenvalue weighted by Gasteiger charge is -2.21. The van der Waals surface area contributed by atoms with Gasteiger partial charge < -0.3 is 10.6 Å². The second-order valence-electron chi connectivity index (χ2n) is 4.36. The highest BCUT2D eigenvalue weighted by Crippen LogP contribution is 2.35. The normalized spacial score (nSPS) is 11.2. The van der Waals surface area contributed by atoms with Crippen LogP contribution < -0.4 is 10.6 Å². The van der Waals surface area contributed by atoms with Crippen LogP contribution in [0.15, 0.2) is 42.7 Å². The Labute approximate surface area is 125 Å². The van der Waals surface area contributed by atoms with E-state index in [1.165, 1.54) is 12.1 Å². The third kappa shape index (κ3) is 3.30. The van der Waals surface area contributed by atoms with Crippen molar-refractivity contribution in [1.29, 1.82) is 0 Å². The molecule has 2 N–H and O–H groups in total. The average molecular weight is 311 g/mol. The number of halogens is 3. The molecule has 0 saturated carbocycles. The van der Waals surface area contributed by atoms with E-state index in [9.17, 15) is 13.2 Å². The van der Waals surface area contributed by atoms with Crippen LogP contribution in [0, 0.1) is 0 Å². The first kappa shape index (κ1) is 15.2. The lowest BCUT2D eigenvalue weighted by atomic mass is 10.1. The molecule has 110 valence electrons. The van der Waals surface area contributed by atoms with Gasteiger partial charge in [-0.1, -0.05) is 12.2 Å². The van der Waals surface area contributed by atoms with Crippen molar-refractivity contribution < 1.29 is 13.2 Å². The molecule has 0 aliphatic heterocycles. The second-order valence-corrected chi connectivity index (χ2v) is 4.80. The number of hydrogen-bond donors (Lipinski definition) is 1. The van der Waals surface area contributed by atoms with Gasteiger partial charge in [0.1, 0.15) is 4.99 Å². The zero-order valence-electron chi connectivity index (χ0n) is 11.1. The first-order chi connectivity index (χ1) is 9.80. The molecule has 1 aromatic heterocycles. The summed E-state index contributed by atoms with van der Waals surface area (Å²) in [6.07, 6.45) is -1.27. The van der Waals surface area contributed by atoms with Gasteiger partial charge in [0.2, 0.25) is 0 Å². The summed E-state index contributed by atoms with van der Waals surface area (Å²) in [7, 11) is 1.73. The fourth-order valence-electron chi connectivity index (χ4n) is 1.89. The number of hydrogen-bond acceptors (Lipinski definition) is 3. The quantitative estimate of drug-likeness (QED) is 0.881. The number of benzene rings is 1. The van der Waals surface area contributed by atoms with Gasteiger partial charge in [-0.2, -0.15) is 13.2 Å². The summed E-state index contributed by atoms with van der Waals surface area (Å²) < 4.78 is 38.8. The number of anilines is 2. The molecule has 0 aliphatic rings. The molecule has 1 heterocycles. The van der Waals surface area contributed by atoms with Crippen LogP contribution in [0.25, 0.3) is 0 Å². The first-order valence-electron chi connectivity index (χ1n) is 5.95. The molecule has 0 radical (unpaired) electrons. The molecule has 0 spiro atoms. The largest absolute Gasteiger partial charge is 0.417 e. The van der Waals surface area contributed by atoms with E-state index in [2.05, 4.69) is 4.98 Å². The van der Waals surface area contributed by atoms with Crippen molar-refractivity contribution in [2.45, 2.75) is 6.18 Å². The van der Waals surface area contributed by atoms with Gasteiger partial charge in [0, 0.05) is 24.5 Å². The summed E-state index contributed by atoms with van der Waals surface area (Å²) in [5, 5.41) is 0. The van der Waals surface area contributed by atoms with Gasteiger partial charge in [0.15, 0.2) is 0 Å². The summed E-state index contributed by atoms with van der Waals surface area (Å²) in [4.78, 5) is 5.39. The molecule has 1 aromatic carbocycles.